The number of phenols is 1. The third-order valence-electron chi connectivity index (χ3n) is 3.23. The second-order valence-electron chi connectivity index (χ2n) is 4.88. The van der Waals surface area contributed by atoms with Crippen molar-refractivity contribution in [1.29, 1.82) is 0 Å². The first kappa shape index (κ1) is 18.8. The zero-order chi connectivity index (χ0) is 17.9. The third-order valence-corrected chi connectivity index (χ3v) is 5.23. The highest BCUT2D eigenvalue weighted by Gasteiger charge is 2.31. The minimum atomic E-state index is -0.913. The van der Waals surface area contributed by atoms with Gasteiger partial charge in [-0.25, -0.2) is 0 Å². The van der Waals surface area contributed by atoms with E-state index in [0.717, 1.165) is 11.8 Å². The maximum atomic E-state index is 12.4. The Balaban J connectivity index is 2.19. The number of rotatable bonds is 6. The maximum Gasteiger partial charge on any atom is 0.303 e. The molecule has 0 unspecified atom stereocenters. The summed E-state index contributed by atoms with van der Waals surface area (Å²) in [4.78, 5) is 24.7. The molecule has 1 heterocycles. The predicted molar refractivity (Wildman–Crippen MR) is 99.1 cm³/mol. The average molecular weight is 432 g/mol. The number of carbonyl (C=O) groups is 2. The quantitative estimate of drug-likeness (QED) is 0.527. The van der Waals surface area contributed by atoms with Crippen molar-refractivity contribution in [1.82, 2.24) is 4.90 Å². The largest absolute Gasteiger partial charge is 0.507 e. The zero-order valence-electron chi connectivity index (χ0n) is 12.6. The summed E-state index contributed by atoms with van der Waals surface area (Å²) in [5.41, 5.74) is 0.453. The van der Waals surface area contributed by atoms with Crippen LogP contribution in [0.3, 0.4) is 0 Å². The lowest BCUT2D eigenvalue weighted by molar-refractivity contribution is -0.137. The first-order valence-electron chi connectivity index (χ1n) is 6.87. The first-order chi connectivity index (χ1) is 11.3. The number of thiocarbonyl (C=S) groups is 1. The summed E-state index contributed by atoms with van der Waals surface area (Å²) in [7, 11) is 1.49. The van der Waals surface area contributed by atoms with Crippen LogP contribution >= 0.6 is 39.9 Å². The van der Waals surface area contributed by atoms with Crippen molar-refractivity contribution < 1.29 is 24.5 Å². The van der Waals surface area contributed by atoms with Crippen LogP contribution in [-0.2, 0) is 9.59 Å². The second-order valence-corrected chi connectivity index (χ2v) is 7.41. The number of benzene rings is 1. The summed E-state index contributed by atoms with van der Waals surface area (Å²) >= 11 is 9.63. The number of halogens is 1. The SMILES string of the molecule is COc1cc(O)c(/C=C2\SC(=S)N(CCCC(=O)O)C2=O)cc1Br. The lowest BCUT2D eigenvalue weighted by atomic mass is 10.1. The van der Waals surface area contributed by atoms with Crippen LogP contribution in [0.4, 0.5) is 0 Å². The van der Waals surface area contributed by atoms with Crippen LogP contribution in [-0.4, -0.2) is 45.0 Å². The van der Waals surface area contributed by atoms with E-state index in [1.807, 2.05) is 0 Å². The zero-order valence-corrected chi connectivity index (χ0v) is 15.8. The van der Waals surface area contributed by atoms with E-state index in [4.69, 9.17) is 22.1 Å². The highest BCUT2D eigenvalue weighted by Crippen LogP contribution is 2.37. The van der Waals surface area contributed by atoms with Gasteiger partial charge in [-0.1, -0.05) is 24.0 Å². The molecule has 1 amide bonds. The topological polar surface area (TPSA) is 87.1 Å². The minimum Gasteiger partial charge on any atom is -0.507 e. The van der Waals surface area contributed by atoms with Crippen molar-refractivity contribution in [3.8, 4) is 11.5 Å². The molecule has 2 rings (SSSR count). The molecule has 0 radical (unpaired) electrons. The smallest absolute Gasteiger partial charge is 0.303 e. The van der Waals surface area contributed by atoms with Crippen LogP contribution in [0.25, 0.3) is 6.08 Å². The van der Waals surface area contributed by atoms with Gasteiger partial charge in [-0.2, -0.15) is 0 Å². The van der Waals surface area contributed by atoms with Gasteiger partial charge in [-0.15, -0.1) is 0 Å². The number of carbonyl (C=O) groups excluding carboxylic acids is 1. The number of thioether (sulfide) groups is 1. The van der Waals surface area contributed by atoms with Gasteiger partial charge in [0.15, 0.2) is 0 Å². The summed E-state index contributed by atoms with van der Waals surface area (Å²) in [5, 5.41) is 18.7. The number of hydrogen-bond acceptors (Lipinski definition) is 6. The van der Waals surface area contributed by atoms with E-state index in [9.17, 15) is 14.7 Å². The van der Waals surface area contributed by atoms with Crippen molar-refractivity contribution in [2.45, 2.75) is 12.8 Å². The molecular weight excluding hydrogens is 418 g/mol. The number of aromatic hydroxyl groups is 1. The van der Waals surface area contributed by atoms with E-state index in [-0.39, 0.29) is 24.6 Å². The Morgan fingerprint density at radius 2 is 2.21 bits per heavy atom. The summed E-state index contributed by atoms with van der Waals surface area (Å²) in [6, 6.07) is 3.09. The molecule has 1 fully saturated rings. The van der Waals surface area contributed by atoms with Crippen molar-refractivity contribution in [3.05, 3.63) is 27.1 Å². The Hall–Kier alpha value is -1.58. The summed E-state index contributed by atoms with van der Waals surface area (Å²) in [5.74, 6) is -0.747. The van der Waals surface area contributed by atoms with E-state index in [2.05, 4.69) is 15.9 Å². The fraction of sp³-hybridized carbons (Fsp3) is 0.267. The van der Waals surface area contributed by atoms with Gasteiger partial charge < -0.3 is 14.9 Å². The lowest BCUT2D eigenvalue weighted by Gasteiger charge is -2.13. The van der Waals surface area contributed by atoms with Crippen LogP contribution in [0, 0.1) is 0 Å². The van der Waals surface area contributed by atoms with E-state index < -0.39 is 5.97 Å². The van der Waals surface area contributed by atoms with E-state index in [0.29, 0.717) is 31.4 Å². The molecule has 1 aliphatic heterocycles. The molecule has 0 spiro atoms. The third kappa shape index (κ3) is 4.28. The molecule has 6 nitrogen and oxygen atoms in total. The average Bonchev–Trinajstić information content (AvgIpc) is 2.77. The molecule has 0 atom stereocenters. The van der Waals surface area contributed by atoms with Gasteiger partial charge in [0.1, 0.15) is 15.8 Å². The number of methoxy groups -OCH3 is 1. The van der Waals surface area contributed by atoms with Gasteiger partial charge in [-0.05, 0) is 34.5 Å². The van der Waals surface area contributed by atoms with Gasteiger partial charge in [0.25, 0.3) is 5.91 Å². The van der Waals surface area contributed by atoms with Crippen LogP contribution in [0.5, 0.6) is 11.5 Å². The molecule has 1 aromatic carbocycles. The number of ether oxygens (including phenoxy) is 1. The number of nitrogens with zero attached hydrogens (tertiary/aromatic N) is 1. The van der Waals surface area contributed by atoms with Crippen molar-refractivity contribution in [3.63, 3.8) is 0 Å². The minimum absolute atomic E-state index is 0.0220. The molecule has 0 aliphatic carbocycles. The number of hydrogen-bond donors (Lipinski definition) is 2. The van der Waals surface area contributed by atoms with E-state index >= 15 is 0 Å². The molecule has 0 saturated carbocycles. The molecule has 2 N–H and O–H groups in total. The van der Waals surface area contributed by atoms with Crippen molar-refractivity contribution in [2.24, 2.45) is 0 Å². The fourth-order valence-corrected chi connectivity index (χ4v) is 3.87. The highest BCUT2D eigenvalue weighted by molar-refractivity contribution is 9.10. The number of carboxylic acids is 1. The van der Waals surface area contributed by atoms with Gasteiger partial charge >= 0.3 is 5.97 Å². The predicted octanol–water partition coefficient (Wildman–Crippen LogP) is 3.23. The first-order valence-corrected chi connectivity index (χ1v) is 8.89. The van der Waals surface area contributed by atoms with Crippen LogP contribution in [0.15, 0.2) is 21.5 Å². The van der Waals surface area contributed by atoms with E-state index in [1.54, 1.807) is 12.1 Å². The second kappa shape index (κ2) is 8.00. The molecule has 24 heavy (non-hydrogen) atoms. The standard InChI is InChI=1S/C15H14BrNO5S2/c1-22-11-7-10(18)8(5-9(11)16)6-12-14(21)17(15(23)24-12)4-2-3-13(19)20/h5-7,18H,2-4H2,1H3,(H,19,20)/b12-6-. The summed E-state index contributed by atoms with van der Waals surface area (Å²) < 4.78 is 6.12. The molecule has 1 aliphatic rings. The molecule has 1 saturated heterocycles. The number of aliphatic carboxylic acids is 1. The van der Waals surface area contributed by atoms with Gasteiger partial charge in [0.2, 0.25) is 0 Å². The molecule has 128 valence electrons. The summed E-state index contributed by atoms with van der Waals surface area (Å²) in [6.45, 7) is 0.257. The number of carboxylic acid groups (broad SMARTS) is 1. The molecule has 0 aromatic heterocycles. The molecule has 1 aromatic rings. The highest BCUT2D eigenvalue weighted by atomic mass is 79.9. The van der Waals surface area contributed by atoms with E-state index in [1.165, 1.54) is 18.1 Å². The number of amides is 1. The van der Waals surface area contributed by atoms with Crippen LogP contribution in [0.2, 0.25) is 0 Å². The maximum absolute atomic E-state index is 12.4. The van der Waals surface area contributed by atoms with Gasteiger partial charge in [0, 0.05) is 24.6 Å². The number of phenolic OH excluding ortho intramolecular Hbond substituents is 1. The molecule has 9 heteroatoms. The van der Waals surface area contributed by atoms with Gasteiger partial charge in [0.05, 0.1) is 16.5 Å². The van der Waals surface area contributed by atoms with Crippen LogP contribution < -0.4 is 4.74 Å². The lowest BCUT2D eigenvalue weighted by Crippen LogP contribution is -2.29. The molecular formula is C15H14BrNO5S2. The van der Waals surface area contributed by atoms with Crippen molar-refractivity contribution >= 4 is 62.2 Å². The van der Waals surface area contributed by atoms with Gasteiger partial charge in [-0.3, -0.25) is 14.5 Å². The Bertz CT molecular complexity index is 735. The Morgan fingerprint density at radius 3 is 2.83 bits per heavy atom. The Kier molecular flexibility index (Phi) is 6.25. The Morgan fingerprint density at radius 1 is 1.50 bits per heavy atom. The normalized spacial score (nSPS) is 16.1. The van der Waals surface area contributed by atoms with Crippen LogP contribution in [0.1, 0.15) is 18.4 Å². The Labute approximate surface area is 156 Å². The summed E-state index contributed by atoms with van der Waals surface area (Å²) in [6.07, 6.45) is 1.85. The monoisotopic (exact) mass is 431 g/mol. The molecule has 0 bridgehead atoms. The fourth-order valence-electron chi connectivity index (χ4n) is 2.05. The van der Waals surface area contributed by atoms with Crippen molar-refractivity contribution in [2.75, 3.05) is 13.7 Å².